The van der Waals surface area contributed by atoms with E-state index in [1.807, 2.05) is 42.6 Å². The molecule has 4 nitrogen and oxygen atoms in total. The van der Waals surface area contributed by atoms with Crippen molar-refractivity contribution in [1.82, 2.24) is 14.5 Å². The Hall–Kier alpha value is -2.72. The number of nitrogens with zero attached hydrogens (tertiary/aromatic N) is 3. The quantitative estimate of drug-likeness (QED) is 0.630. The highest BCUT2D eigenvalue weighted by Crippen LogP contribution is 2.25. The maximum Gasteiger partial charge on any atom is 0.114 e. The highest BCUT2D eigenvalue weighted by atomic mass is 16.3. The Morgan fingerprint density at radius 2 is 1.70 bits per heavy atom. The number of benzene rings is 2. The number of rotatable bonds is 4. The molecule has 4 aromatic rings. The predicted octanol–water partition coefficient (Wildman–Crippen LogP) is 3.17. The molecule has 0 aliphatic carbocycles. The van der Waals surface area contributed by atoms with Gasteiger partial charge in [-0.3, -0.25) is 4.98 Å². The molecule has 2 heterocycles. The second-order valence-electron chi connectivity index (χ2n) is 5.57. The number of aliphatic hydroxyl groups is 1. The van der Waals surface area contributed by atoms with Crippen molar-refractivity contribution in [1.29, 1.82) is 0 Å². The van der Waals surface area contributed by atoms with Gasteiger partial charge in [0.05, 0.1) is 23.8 Å². The number of aromatic nitrogens is 3. The zero-order chi connectivity index (χ0) is 15.6. The van der Waals surface area contributed by atoms with Crippen molar-refractivity contribution in [3.05, 3.63) is 72.2 Å². The van der Waals surface area contributed by atoms with Crippen LogP contribution in [0.25, 0.3) is 21.9 Å². The van der Waals surface area contributed by atoms with Crippen LogP contribution in [0.1, 0.15) is 11.4 Å². The van der Waals surface area contributed by atoms with Crippen LogP contribution in [0, 0.1) is 0 Å². The Kier molecular flexibility index (Phi) is 3.52. The molecule has 0 fully saturated rings. The number of pyridine rings is 1. The van der Waals surface area contributed by atoms with Crippen molar-refractivity contribution in [2.24, 2.45) is 0 Å². The van der Waals surface area contributed by atoms with E-state index in [1.54, 1.807) is 0 Å². The molecule has 0 aliphatic rings. The normalized spacial score (nSPS) is 11.3. The van der Waals surface area contributed by atoms with Crippen LogP contribution < -0.4 is 0 Å². The molecule has 2 aromatic heterocycles. The monoisotopic (exact) mass is 303 g/mol. The van der Waals surface area contributed by atoms with Crippen LogP contribution in [-0.2, 0) is 13.0 Å². The van der Waals surface area contributed by atoms with Crippen LogP contribution in [0.2, 0.25) is 0 Å². The molecular formula is C19H17N3O. The van der Waals surface area contributed by atoms with Gasteiger partial charge >= 0.3 is 0 Å². The number of fused-ring (bicyclic) bond motifs is 3. The fourth-order valence-electron chi connectivity index (χ4n) is 3.06. The summed E-state index contributed by atoms with van der Waals surface area (Å²) in [6, 6.07) is 18.3. The predicted molar refractivity (Wildman–Crippen MR) is 91.4 cm³/mol. The lowest BCUT2D eigenvalue weighted by Crippen LogP contribution is -2.07. The van der Waals surface area contributed by atoms with Gasteiger partial charge in [-0.1, -0.05) is 48.5 Å². The van der Waals surface area contributed by atoms with Crippen LogP contribution >= 0.6 is 0 Å². The Bertz CT molecular complexity index is 960. The molecule has 0 saturated heterocycles. The van der Waals surface area contributed by atoms with Crippen molar-refractivity contribution >= 4 is 21.9 Å². The number of hydrogen-bond donors (Lipinski definition) is 1. The minimum atomic E-state index is 0.0872. The first kappa shape index (κ1) is 13.9. The minimum Gasteiger partial charge on any atom is -0.395 e. The van der Waals surface area contributed by atoms with Crippen LogP contribution in [0.3, 0.4) is 0 Å². The molecule has 1 N–H and O–H groups in total. The van der Waals surface area contributed by atoms with E-state index in [0.717, 1.165) is 34.2 Å². The molecule has 2 aromatic carbocycles. The average Bonchev–Trinajstić information content (AvgIpc) is 2.94. The fourth-order valence-corrected chi connectivity index (χ4v) is 3.06. The van der Waals surface area contributed by atoms with Gasteiger partial charge in [0.15, 0.2) is 0 Å². The molecule has 23 heavy (non-hydrogen) atoms. The van der Waals surface area contributed by atoms with E-state index >= 15 is 0 Å². The summed E-state index contributed by atoms with van der Waals surface area (Å²) in [7, 11) is 0. The van der Waals surface area contributed by atoms with Crippen molar-refractivity contribution in [3.8, 4) is 0 Å². The Labute approximate surface area is 134 Å². The molecule has 0 bridgehead atoms. The Balaban J connectivity index is 1.93. The number of aliphatic hydroxyl groups excluding tert-OH is 1. The highest BCUT2D eigenvalue weighted by molar-refractivity contribution is 6.02. The SMILES string of the molecule is OCCn1c(Cc2ccccc2)nc2cnc3ccccc3c21. The third kappa shape index (κ3) is 2.47. The van der Waals surface area contributed by atoms with Gasteiger partial charge in [-0.25, -0.2) is 4.98 Å². The van der Waals surface area contributed by atoms with E-state index in [4.69, 9.17) is 4.98 Å². The summed E-state index contributed by atoms with van der Waals surface area (Å²) < 4.78 is 2.12. The minimum absolute atomic E-state index is 0.0872. The van der Waals surface area contributed by atoms with E-state index in [-0.39, 0.29) is 6.61 Å². The van der Waals surface area contributed by atoms with Crippen LogP contribution in [0.4, 0.5) is 0 Å². The molecule has 0 radical (unpaired) electrons. The summed E-state index contributed by atoms with van der Waals surface area (Å²) in [6.07, 6.45) is 2.56. The maximum atomic E-state index is 9.50. The van der Waals surface area contributed by atoms with Gasteiger partial charge in [-0.05, 0) is 11.6 Å². The lowest BCUT2D eigenvalue weighted by Gasteiger charge is -2.09. The van der Waals surface area contributed by atoms with Crippen molar-refractivity contribution in [3.63, 3.8) is 0 Å². The standard InChI is InChI=1S/C19H17N3O/c23-11-10-22-18(12-14-6-2-1-3-7-14)21-17-13-20-16-9-5-4-8-15(16)19(17)22/h1-9,13,23H,10-12H2. The molecule has 0 unspecified atom stereocenters. The first-order chi connectivity index (χ1) is 11.4. The molecule has 4 rings (SSSR count). The largest absolute Gasteiger partial charge is 0.395 e. The van der Waals surface area contributed by atoms with Gasteiger partial charge in [0.1, 0.15) is 11.3 Å². The molecular weight excluding hydrogens is 286 g/mol. The molecule has 0 amide bonds. The lowest BCUT2D eigenvalue weighted by atomic mass is 10.1. The van der Waals surface area contributed by atoms with Gasteiger partial charge in [0.25, 0.3) is 0 Å². The first-order valence-electron chi connectivity index (χ1n) is 7.74. The molecule has 0 spiro atoms. The van der Waals surface area contributed by atoms with Crippen molar-refractivity contribution in [2.45, 2.75) is 13.0 Å². The zero-order valence-electron chi connectivity index (χ0n) is 12.7. The lowest BCUT2D eigenvalue weighted by molar-refractivity contribution is 0.276. The number of imidazole rings is 1. The molecule has 0 atom stereocenters. The van der Waals surface area contributed by atoms with Crippen molar-refractivity contribution < 1.29 is 5.11 Å². The maximum absolute atomic E-state index is 9.50. The van der Waals surface area contributed by atoms with Gasteiger partial charge in [-0.2, -0.15) is 0 Å². The Morgan fingerprint density at radius 1 is 0.913 bits per heavy atom. The van der Waals surface area contributed by atoms with Gasteiger partial charge in [0, 0.05) is 18.4 Å². The van der Waals surface area contributed by atoms with Crippen molar-refractivity contribution in [2.75, 3.05) is 6.61 Å². The van der Waals surface area contributed by atoms with E-state index < -0.39 is 0 Å². The van der Waals surface area contributed by atoms with E-state index in [0.29, 0.717) is 6.54 Å². The second-order valence-corrected chi connectivity index (χ2v) is 5.57. The van der Waals surface area contributed by atoms with Crippen LogP contribution in [0.5, 0.6) is 0 Å². The summed E-state index contributed by atoms with van der Waals surface area (Å²) >= 11 is 0. The molecule has 0 saturated carbocycles. The highest BCUT2D eigenvalue weighted by Gasteiger charge is 2.14. The van der Waals surface area contributed by atoms with E-state index in [1.165, 1.54) is 5.56 Å². The molecule has 4 heteroatoms. The summed E-state index contributed by atoms with van der Waals surface area (Å²) in [5.41, 5.74) is 4.09. The zero-order valence-corrected chi connectivity index (χ0v) is 12.7. The van der Waals surface area contributed by atoms with E-state index in [2.05, 4.69) is 27.8 Å². The third-order valence-electron chi connectivity index (χ3n) is 4.09. The fraction of sp³-hybridized carbons (Fsp3) is 0.158. The molecule has 114 valence electrons. The summed E-state index contributed by atoms with van der Waals surface area (Å²) in [5, 5.41) is 10.6. The molecule has 0 aliphatic heterocycles. The summed E-state index contributed by atoms with van der Waals surface area (Å²) in [4.78, 5) is 9.26. The van der Waals surface area contributed by atoms with Gasteiger partial charge in [-0.15, -0.1) is 0 Å². The average molecular weight is 303 g/mol. The summed E-state index contributed by atoms with van der Waals surface area (Å²) in [6.45, 7) is 0.622. The number of para-hydroxylation sites is 1. The Morgan fingerprint density at radius 3 is 2.52 bits per heavy atom. The summed E-state index contributed by atoms with van der Waals surface area (Å²) in [5.74, 6) is 0.957. The first-order valence-corrected chi connectivity index (χ1v) is 7.74. The number of hydrogen-bond acceptors (Lipinski definition) is 3. The van der Waals surface area contributed by atoms with Gasteiger partial charge < -0.3 is 9.67 Å². The van der Waals surface area contributed by atoms with E-state index in [9.17, 15) is 5.11 Å². The van der Waals surface area contributed by atoms with Crippen LogP contribution in [0.15, 0.2) is 60.8 Å². The van der Waals surface area contributed by atoms with Gasteiger partial charge in [0.2, 0.25) is 0 Å². The topological polar surface area (TPSA) is 50.9 Å². The second kappa shape index (κ2) is 5.82. The third-order valence-corrected chi connectivity index (χ3v) is 4.09. The van der Waals surface area contributed by atoms with Crippen LogP contribution in [-0.4, -0.2) is 26.2 Å². The smallest absolute Gasteiger partial charge is 0.114 e.